The maximum Gasteiger partial charge on any atom is 0.200 e. The van der Waals surface area contributed by atoms with Crippen LogP contribution in [0, 0.1) is 0 Å². The van der Waals surface area contributed by atoms with Gasteiger partial charge in [-0.05, 0) is 40.8 Å². The minimum absolute atomic E-state index is 0.0489. The molecule has 0 unspecified atom stereocenters. The van der Waals surface area contributed by atoms with Crippen molar-refractivity contribution < 1.29 is 9.47 Å². The Kier molecular flexibility index (Phi) is 6.22. The average molecular weight is 482 g/mol. The lowest BCUT2D eigenvalue weighted by atomic mass is 9.87. The minimum atomic E-state index is 0.0489. The molecule has 2 aromatic heterocycles. The number of nitrogens with zero attached hydrogens (tertiary/aromatic N) is 4. The second-order valence-electron chi connectivity index (χ2n) is 9.93. The second-order valence-corrected chi connectivity index (χ2v) is 9.93. The largest absolute Gasteiger partial charge is 0.497 e. The molecule has 36 heavy (non-hydrogen) atoms. The zero-order chi connectivity index (χ0) is 25.3. The van der Waals surface area contributed by atoms with Gasteiger partial charge < -0.3 is 19.0 Å². The molecule has 1 N–H and O–H groups in total. The number of methoxy groups -OCH3 is 2. The molecule has 184 valence electrons. The van der Waals surface area contributed by atoms with Crippen LogP contribution in [0.5, 0.6) is 11.5 Å². The van der Waals surface area contributed by atoms with Gasteiger partial charge in [-0.15, -0.1) is 10.2 Å². The number of H-pyrrole nitrogens is 1. The van der Waals surface area contributed by atoms with Gasteiger partial charge in [-0.3, -0.25) is 0 Å². The summed E-state index contributed by atoms with van der Waals surface area (Å²) in [5.41, 5.74) is 5.35. The van der Waals surface area contributed by atoms with E-state index in [-0.39, 0.29) is 5.41 Å². The van der Waals surface area contributed by atoms with Crippen LogP contribution < -0.4 is 9.47 Å². The number of aromatic amines is 1. The average Bonchev–Trinajstić information content (AvgIpc) is 3.47. The Labute approximate surface area is 211 Å². The molecule has 0 saturated carbocycles. The molecule has 0 spiro atoms. The third-order valence-corrected chi connectivity index (χ3v) is 6.41. The fourth-order valence-electron chi connectivity index (χ4n) is 4.32. The van der Waals surface area contributed by atoms with Gasteiger partial charge in [0.15, 0.2) is 11.6 Å². The number of aromatic nitrogens is 5. The molecule has 0 aliphatic heterocycles. The Morgan fingerprint density at radius 3 is 2.42 bits per heavy atom. The zero-order valence-corrected chi connectivity index (χ0v) is 21.4. The van der Waals surface area contributed by atoms with Crippen molar-refractivity contribution in [1.82, 2.24) is 24.7 Å². The highest BCUT2D eigenvalue weighted by Gasteiger charge is 2.20. The molecule has 7 heteroatoms. The first-order chi connectivity index (χ1) is 17.4. The van der Waals surface area contributed by atoms with Gasteiger partial charge in [0.2, 0.25) is 0 Å². The third kappa shape index (κ3) is 4.69. The summed E-state index contributed by atoms with van der Waals surface area (Å²) in [6.07, 6.45) is 0.653. The third-order valence-electron chi connectivity index (χ3n) is 6.41. The Bertz CT molecular complexity index is 1500. The first-order valence-corrected chi connectivity index (χ1v) is 12.0. The summed E-state index contributed by atoms with van der Waals surface area (Å²) in [5, 5.41) is 9.18. The maximum absolute atomic E-state index is 5.68. The van der Waals surface area contributed by atoms with Crippen molar-refractivity contribution in [3.63, 3.8) is 0 Å². The topological polar surface area (TPSA) is 77.9 Å². The van der Waals surface area contributed by atoms with Crippen molar-refractivity contribution >= 4 is 11.0 Å². The van der Waals surface area contributed by atoms with Gasteiger partial charge in [0.05, 0.1) is 31.8 Å². The number of hydrogen-bond acceptors (Lipinski definition) is 5. The standard InChI is InChI=1S/C29H31N5O2/c1-29(2,3)21-12-14-23-24(16-21)31-27(30-23)28-33-32-26(15-19-9-7-6-8-10-19)34(28)18-20-11-13-22(35-4)17-25(20)36-5/h6-14,16-17H,15,18H2,1-5H3,(H,30,31). The van der Waals surface area contributed by atoms with E-state index >= 15 is 0 Å². The van der Waals surface area contributed by atoms with E-state index in [1.165, 1.54) is 11.1 Å². The molecule has 7 nitrogen and oxygen atoms in total. The summed E-state index contributed by atoms with van der Waals surface area (Å²) in [6, 6.07) is 22.5. The predicted molar refractivity (Wildman–Crippen MR) is 142 cm³/mol. The van der Waals surface area contributed by atoms with Crippen LogP contribution in [0.1, 0.15) is 43.3 Å². The van der Waals surface area contributed by atoms with Crippen LogP contribution in [0.4, 0.5) is 0 Å². The summed E-state index contributed by atoms with van der Waals surface area (Å²) in [4.78, 5) is 8.36. The van der Waals surface area contributed by atoms with Gasteiger partial charge in [-0.1, -0.05) is 57.2 Å². The summed E-state index contributed by atoms with van der Waals surface area (Å²) >= 11 is 0. The van der Waals surface area contributed by atoms with Crippen molar-refractivity contribution in [3.8, 4) is 23.1 Å². The van der Waals surface area contributed by atoms with E-state index in [1.54, 1.807) is 14.2 Å². The molecule has 2 heterocycles. The van der Waals surface area contributed by atoms with Gasteiger partial charge in [0.1, 0.15) is 17.3 Å². The van der Waals surface area contributed by atoms with E-state index in [9.17, 15) is 0 Å². The van der Waals surface area contributed by atoms with Crippen molar-refractivity contribution in [2.45, 2.75) is 39.2 Å². The molecule has 0 saturated heterocycles. The summed E-state index contributed by atoms with van der Waals surface area (Å²) in [7, 11) is 3.32. The first-order valence-electron chi connectivity index (χ1n) is 12.0. The van der Waals surface area contributed by atoms with Crippen LogP contribution in [0.15, 0.2) is 66.7 Å². The zero-order valence-electron chi connectivity index (χ0n) is 21.4. The lowest BCUT2D eigenvalue weighted by Gasteiger charge is -2.18. The lowest BCUT2D eigenvalue weighted by Crippen LogP contribution is -2.10. The van der Waals surface area contributed by atoms with E-state index in [0.717, 1.165) is 33.9 Å². The fourth-order valence-corrected chi connectivity index (χ4v) is 4.32. The van der Waals surface area contributed by atoms with E-state index in [0.29, 0.717) is 24.6 Å². The van der Waals surface area contributed by atoms with Gasteiger partial charge >= 0.3 is 0 Å². The smallest absolute Gasteiger partial charge is 0.200 e. The first kappa shape index (κ1) is 23.6. The van der Waals surface area contributed by atoms with Crippen LogP contribution in [0.2, 0.25) is 0 Å². The van der Waals surface area contributed by atoms with Crippen molar-refractivity contribution in [3.05, 3.63) is 89.2 Å². The Morgan fingerprint density at radius 2 is 1.69 bits per heavy atom. The molecule has 0 bridgehead atoms. The number of fused-ring (bicyclic) bond motifs is 1. The molecule has 3 aromatic carbocycles. The highest BCUT2D eigenvalue weighted by molar-refractivity contribution is 5.79. The van der Waals surface area contributed by atoms with Gasteiger partial charge in [0, 0.05) is 18.1 Å². The Hall–Kier alpha value is -4.13. The maximum atomic E-state index is 5.68. The summed E-state index contributed by atoms with van der Waals surface area (Å²) < 4.78 is 13.2. The Balaban J connectivity index is 1.60. The SMILES string of the molecule is COc1ccc(Cn2c(Cc3ccccc3)nnc2-c2nc3ccc(C(C)(C)C)cc3[nH]2)c(OC)c1. The lowest BCUT2D eigenvalue weighted by molar-refractivity contribution is 0.390. The minimum Gasteiger partial charge on any atom is -0.497 e. The molecule has 0 radical (unpaired) electrons. The van der Waals surface area contributed by atoms with Crippen molar-refractivity contribution in [1.29, 1.82) is 0 Å². The molecular formula is C29H31N5O2. The van der Waals surface area contributed by atoms with Crippen LogP contribution in [-0.4, -0.2) is 39.0 Å². The highest BCUT2D eigenvalue weighted by atomic mass is 16.5. The number of benzene rings is 3. The molecule has 0 amide bonds. The van der Waals surface area contributed by atoms with Crippen LogP contribution in [0.25, 0.3) is 22.7 Å². The van der Waals surface area contributed by atoms with E-state index in [4.69, 9.17) is 14.5 Å². The van der Waals surface area contributed by atoms with E-state index in [1.807, 2.05) is 36.4 Å². The number of ether oxygens (including phenoxy) is 2. The van der Waals surface area contributed by atoms with E-state index < -0.39 is 0 Å². The van der Waals surface area contributed by atoms with Crippen LogP contribution >= 0.6 is 0 Å². The summed E-state index contributed by atoms with van der Waals surface area (Å²) in [5.74, 6) is 3.72. The monoisotopic (exact) mass is 481 g/mol. The number of nitrogens with one attached hydrogen (secondary N) is 1. The molecule has 0 fully saturated rings. The predicted octanol–water partition coefficient (Wildman–Crippen LogP) is 5.78. The molecular weight excluding hydrogens is 450 g/mol. The molecule has 0 aliphatic carbocycles. The Morgan fingerprint density at radius 1 is 0.889 bits per heavy atom. The van der Waals surface area contributed by atoms with Gasteiger partial charge in [-0.2, -0.15) is 0 Å². The number of hydrogen-bond donors (Lipinski definition) is 1. The van der Waals surface area contributed by atoms with Gasteiger partial charge in [0.25, 0.3) is 0 Å². The molecule has 0 aliphatic rings. The van der Waals surface area contributed by atoms with Crippen molar-refractivity contribution in [2.75, 3.05) is 14.2 Å². The van der Waals surface area contributed by atoms with Crippen LogP contribution in [0.3, 0.4) is 0 Å². The normalized spacial score (nSPS) is 11.7. The number of rotatable bonds is 7. The molecule has 0 atom stereocenters. The summed E-state index contributed by atoms with van der Waals surface area (Å²) in [6.45, 7) is 7.16. The fraction of sp³-hybridized carbons (Fsp3) is 0.276. The highest BCUT2D eigenvalue weighted by Crippen LogP contribution is 2.30. The number of imidazole rings is 1. The van der Waals surface area contributed by atoms with Crippen LogP contribution in [-0.2, 0) is 18.4 Å². The van der Waals surface area contributed by atoms with E-state index in [2.05, 4.69) is 70.9 Å². The molecule has 5 rings (SSSR count). The van der Waals surface area contributed by atoms with Crippen molar-refractivity contribution in [2.24, 2.45) is 0 Å². The quantitative estimate of drug-likeness (QED) is 0.319. The molecule has 5 aromatic rings. The second kappa shape index (κ2) is 9.49. The van der Waals surface area contributed by atoms with Gasteiger partial charge in [-0.25, -0.2) is 4.98 Å².